The molecule has 2 aromatic rings. The maximum absolute atomic E-state index is 12.1. The van der Waals surface area contributed by atoms with E-state index in [9.17, 15) is 4.79 Å². The summed E-state index contributed by atoms with van der Waals surface area (Å²) in [6.07, 6.45) is 0. The van der Waals surface area contributed by atoms with E-state index in [0.29, 0.717) is 11.5 Å². The van der Waals surface area contributed by atoms with Crippen LogP contribution in [-0.2, 0) is 5.75 Å². The van der Waals surface area contributed by atoms with E-state index in [1.54, 1.807) is 11.8 Å². The second-order valence-corrected chi connectivity index (χ2v) is 7.27. The Morgan fingerprint density at radius 2 is 1.75 bits per heavy atom. The second kappa shape index (κ2) is 8.90. The van der Waals surface area contributed by atoms with Gasteiger partial charge < -0.3 is 0 Å². The summed E-state index contributed by atoms with van der Waals surface area (Å²) in [5, 5.41) is 4.85. The van der Waals surface area contributed by atoms with Crippen LogP contribution in [0.15, 0.2) is 58.5 Å². The molecule has 0 aliphatic carbocycles. The average molecular weight is 361 g/mol. The molecule has 5 heteroatoms. The van der Waals surface area contributed by atoms with Crippen LogP contribution in [0.3, 0.4) is 0 Å². The van der Waals surface area contributed by atoms with Crippen LogP contribution in [0.1, 0.15) is 36.7 Å². The highest BCUT2D eigenvalue weighted by atomic mass is 35.5. The van der Waals surface area contributed by atoms with Gasteiger partial charge in [-0.2, -0.15) is 5.10 Å². The van der Waals surface area contributed by atoms with Gasteiger partial charge in [0.1, 0.15) is 0 Å². The Bertz CT molecular complexity index is 709. The van der Waals surface area contributed by atoms with E-state index in [2.05, 4.69) is 10.5 Å². The number of hydrogen-bond acceptors (Lipinski definition) is 3. The van der Waals surface area contributed by atoms with Crippen LogP contribution in [0.5, 0.6) is 0 Å². The lowest BCUT2D eigenvalue weighted by Crippen LogP contribution is -2.20. The normalized spacial score (nSPS) is 11.6. The molecule has 0 bridgehead atoms. The molecule has 0 radical (unpaired) electrons. The third-order valence-electron chi connectivity index (χ3n) is 3.60. The van der Waals surface area contributed by atoms with Crippen molar-refractivity contribution in [3.05, 3.63) is 64.7 Å². The number of thioether (sulfide) groups is 1. The first-order valence-electron chi connectivity index (χ1n) is 7.77. The Labute approximate surface area is 152 Å². The quantitative estimate of drug-likeness (QED) is 0.426. The number of rotatable bonds is 6. The van der Waals surface area contributed by atoms with Crippen molar-refractivity contribution >= 4 is 35.0 Å². The Morgan fingerprint density at radius 3 is 2.33 bits per heavy atom. The maximum Gasteiger partial charge on any atom is 0.271 e. The summed E-state index contributed by atoms with van der Waals surface area (Å²) in [6, 6.07) is 15.4. The highest BCUT2D eigenvalue weighted by Gasteiger charge is 2.06. The topological polar surface area (TPSA) is 41.5 Å². The van der Waals surface area contributed by atoms with Crippen LogP contribution in [0.25, 0.3) is 0 Å². The zero-order valence-electron chi connectivity index (χ0n) is 14.0. The molecule has 3 nitrogen and oxygen atoms in total. The van der Waals surface area contributed by atoms with Crippen molar-refractivity contribution in [3.8, 4) is 0 Å². The van der Waals surface area contributed by atoms with Crippen molar-refractivity contribution in [1.82, 2.24) is 5.43 Å². The molecule has 0 unspecified atom stereocenters. The van der Waals surface area contributed by atoms with Gasteiger partial charge in [0.05, 0.1) is 0 Å². The molecule has 24 heavy (non-hydrogen) atoms. The van der Waals surface area contributed by atoms with Crippen LogP contribution >= 0.6 is 23.4 Å². The third kappa shape index (κ3) is 5.69. The first-order chi connectivity index (χ1) is 11.5. The molecule has 0 aliphatic heterocycles. The lowest BCUT2D eigenvalue weighted by Gasteiger charge is -2.06. The Balaban J connectivity index is 1.91. The number of halogens is 1. The summed E-state index contributed by atoms with van der Waals surface area (Å²) in [4.78, 5) is 13.2. The standard InChI is InChI=1S/C19H21ClN2OS/c1-13(2)14(3)21-22-19(23)16-6-4-15(5-7-16)12-24-18-10-8-17(20)9-11-18/h4-11,13H,12H2,1-3H3,(H,22,23). The molecule has 0 aliphatic rings. The minimum Gasteiger partial charge on any atom is -0.267 e. The fourth-order valence-electron chi connectivity index (χ4n) is 1.78. The molecule has 1 amide bonds. The fraction of sp³-hybridized carbons (Fsp3) is 0.263. The Kier molecular flexibility index (Phi) is 6.88. The number of carbonyl (C=O) groups is 1. The van der Waals surface area contributed by atoms with E-state index in [4.69, 9.17) is 11.6 Å². The van der Waals surface area contributed by atoms with Gasteiger partial charge in [-0.15, -0.1) is 11.8 Å². The zero-order valence-corrected chi connectivity index (χ0v) is 15.6. The number of benzene rings is 2. The van der Waals surface area contributed by atoms with E-state index in [1.165, 1.54) is 4.90 Å². The molecule has 0 spiro atoms. The smallest absolute Gasteiger partial charge is 0.267 e. The van der Waals surface area contributed by atoms with E-state index < -0.39 is 0 Å². The van der Waals surface area contributed by atoms with Crippen molar-refractivity contribution in [2.45, 2.75) is 31.4 Å². The van der Waals surface area contributed by atoms with Crippen molar-refractivity contribution in [2.75, 3.05) is 0 Å². The van der Waals surface area contributed by atoms with Crippen LogP contribution in [0.4, 0.5) is 0 Å². The van der Waals surface area contributed by atoms with Gasteiger partial charge in [-0.3, -0.25) is 4.79 Å². The van der Waals surface area contributed by atoms with Gasteiger partial charge >= 0.3 is 0 Å². The van der Waals surface area contributed by atoms with Crippen molar-refractivity contribution in [3.63, 3.8) is 0 Å². The van der Waals surface area contributed by atoms with Crippen LogP contribution in [0, 0.1) is 5.92 Å². The van der Waals surface area contributed by atoms with E-state index in [1.807, 2.05) is 69.3 Å². The van der Waals surface area contributed by atoms with Crippen LogP contribution in [0.2, 0.25) is 5.02 Å². The van der Waals surface area contributed by atoms with Gasteiger partial charge in [0.15, 0.2) is 0 Å². The fourth-order valence-corrected chi connectivity index (χ4v) is 2.76. The molecule has 0 heterocycles. The van der Waals surface area contributed by atoms with Crippen LogP contribution < -0.4 is 5.43 Å². The molecular formula is C19H21ClN2OS. The third-order valence-corrected chi connectivity index (χ3v) is 4.94. The van der Waals surface area contributed by atoms with Gasteiger partial charge in [-0.1, -0.05) is 37.6 Å². The Hall–Kier alpha value is -1.78. The summed E-state index contributed by atoms with van der Waals surface area (Å²) in [5.74, 6) is 0.971. The van der Waals surface area contributed by atoms with Crippen molar-refractivity contribution in [1.29, 1.82) is 0 Å². The molecular weight excluding hydrogens is 340 g/mol. The first-order valence-corrected chi connectivity index (χ1v) is 9.14. The Morgan fingerprint density at radius 1 is 1.12 bits per heavy atom. The summed E-state index contributed by atoms with van der Waals surface area (Å²) in [6.45, 7) is 5.98. The van der Waals surface area contributed by atoms with Gasteiger partial charge in [0, 0.05) is 26.9 Å². The van der Waals surface area contributed by atoms with E-state index in [-0.39, 0.29) is 5.91 Å². The van der Waals surface area contributed by atoms with Gasteiger partial charge in [-0.05, 0) is 54.8 Å². The number of hydrazone groups is 1. The largest absolute Gasteiger partial charge is 0.271 e. The maximum atomic E-state index is 12.1. The number of amides is 1. The first kappa shape index (κ1) is 18.6. The monoisotopic (exact) mass is 360 g/mol. The minimum absolute atomic E-state index is 0.188. The molecule has 126 valence electrons. The van der Waals surface area contributed by atoms with Crippen molar-refractivity contribution < 1.29 is 4.79 Å². The summed E-state index contributed by atoms with van der Waals surface area (Å²) < 4.78 is 0. The predicted octanol–water partition coefficient (Wildman–Crippen LogP) is 5.39. The summed E-state index contributed by atoms with van der Waals surface area (Å²) in [5.41, 5.74) is 5.26. The van der Waals surface area contributed by atoms with Gasteiger partial charge in [-0.25, -0.2) is 5.43 Å². The van der Waals surface area contributed by atoms with Crippen molar-refractivity contribution in [2.24, 2.45) is 11.0 Å². The average Bonchev–Trinajstić information content (AvgIpc) is 2.59. The molecule has 0 atom stereocenters. The van der Waals surface area contributed by atoms with Gasteiger partial charge in [0.2, 0.25) is 0 Å². The highest BCUT2D eigenvalue weighted by molar-refractivity contribution is 7.98. The number of nitrogens with zero attached hydrogens (tertiary/aromatic N) is 1. The van der Waals surface area contributed by atoms with Crippen LogP contribution in [-0.4, -0.2) is 11.6 Å². The molecule has 2 rings (SSSR count). The second-order valence-electron chi connectivity index (χ2n) is 5.79. The molecule has 0 aromatic heterocycles. The molecule has 0 saturated heterocycles. The van der Waals surface area contributed by atoms with E-state index >= 15 is 0 Å². The molecule has 2 aromatic carbocycles. The number of nitrogens with one attached hydrogen (secondary N) is 1. The lowest BCUT2D eigenvalue weighted by molar-refractivity contribution is 0.0954. The molecule has 0 saturated carbocycles. The summed E-state index contributed by atoms with van der Waals surface area (Å²) in [7, 11) is 0. The summed E-state index contributed by atoms with van der Waals surface area (Å²) >= 11 is 7.61. The molecule has 0 fully saturated rings. The minimum atomic E-state index is -0.188. The van der Waals surface area contributed by atoms with E-state index in [0.717, 1.165) is 22.1 Å². The highest BCUT2D eigenvalue weighted by Crippen LogP contribution is 2.24. The number of hydrogen-bond donors (Lipinski definition) is 1. The zero-order chi connectivity index (χ0) is 17.5. The number of carbonyl (C=O) groups excluding carboxylic acids is 1. The lowest BCUT2D eigenvalue weighted by atomic mass is 10.1. The SMILES string of the molecule is CC(=NNC(=O)c1ccc(CSc2ccc(Cl)cc2)cc1)C(C)C. The predicted molar refractivity (Wildman–Crippen MR) is 103 cm³/mol. The van der Waals surface area contributed by atoms with Gasteiger partial charge in [0.25, 0.3) is 5.91 Å². The molecule has 1 N–H and O–H groups in total.